The second-order valence-corrected chi connectivity index (χ2v) is 47.5. The SMILES string of the molecule is Cc1ccc(O)cc1.Cc1ccc(OC(=O)c2c3s[c]([Sn]([CH3])([CH3])[CH3])c(Cl)c3c(C(=O)Oc3ccc(C)cc3)c3sc(C)c(Cl)c23)cc1.Cc1ccc(OC(=O)c2c3scc(Cl)c3c(C(=O)Oc3ccc(C)cc3)c3scc(Cl)c23)cc1.O=C(O)c1c2scc(Cl)c2c(C(=O)O)c2scc(Cl)c12. The maximum Gasteiger partial charge on any atom is 0.345 e. The van der Waals surface area contributed by atoms with Crippen LogP contribution < -0.4 is 21.8 Å². The normalized spacial score (nSPS) is 11.3. The molecular formula is C75H54Cl6O13S6Sn. The first-order valence-electron chi connectivity index (χ1n) is 30.2. The fraction of sp³-hybridized carbons (Fsp3) is 0.120. The minimum atomic E-state index is -2.79. The molecule has 8 aromatic carbocycles. The second kappa shape index (κ2) is 30.9. The summed E-state index contributed by atoms with van der Waals surface area (Å²) < 4.78 is 26.9. The van der Waals surface area contributed by atoms with Crippen molar-refractivity contribution in [2.45, 2.75) is 56.4 Å². The molecule has 514 valence electrons. The summed E-state index contributed by atoms with van der Waals surface area (Å²) in [6.45, 7) is 11.7. The van der Waals surface area contributed by atoms with E-state index < -0.39 is 54.2 Å². The van der Waals surface area contributed by atoms with Crippen LogP contribution in [0.5, 0.6) is 28.7 Å². The first-order valence-corrected chi connectivity index (χ1v) is 47.7. The van der Waals surface area contributed by atoms with Crippen molar-refractivity contribution >= 4 is 255 Å². The number of thiophene rings is 6. The summed E-state index contributed by atoms with van der Waals surface area (Å²) in [5, 5.41) is 38.6. The smallest absolute Gasteiger partial charge is 0.345 e. The number of hydrogen-bond acceptors (Lipinski definition) is 17. The summed E-state index contributed by atoms with van der Waals surface area (Å²) in [5.41, 5.74) is 6.60. The van der Waals surface area contributed by atoms with Gasteiger partial charge in [0.2, 0.25) is 0 Å². The van der Waals surface area contributed by atoms with Gasteiger partial charge in [0.05, 0.1) is 61.1 Å². The predicted molar refractivity (Wildman–Crippen MR) is 421 cm³/mol. The van der Waals surface area contributed by atoms with Crippen LogP contribution in [0, 0.1) is 41.5 Å². The van der Waals surface area contributed by atoms with Gasteiger partial charge in [0.25, 0.3) is 0 Å². The summed E-state index contributed by atoms with van der Waals surface area (Å²) >= 11 is 43.8. The number of halogens is 6. The molecule has 0 saturated carbocycles. The molecule has 13 nitrogen and oxygen atoms in total. The number of phenols is 1. The molecule has 26 heteroatoms. The average molecular weight is 1690 g/mol. The Morgan fingerprint density at radius 1 is 0.337 bits per heavy atom. The van der Waals surface area contributed by atoms with E-state index in [1.54, 1.807) is 71.4 Å². The van der Waals surface area contributed by atoms with E-state index in [1.165, 1.54) is 61.7 Å². The zero-order valence-electron chi connectivity index (χ0n) is 54.5. The Bertz CT molecular complexity index is 5360. The summed E-state index contributed by atoms with van der Waals surface area (Å²) in [6, 6.07) is 36.0. The number of fused-ring (bicyclic) bond motifs is 6. The molecule has 0 spiro atoms. The molecule has 0 amide bonds. The number of aromatic carboxylic acids is 2. The van der Waals surface area contributed by atoms with Crippen molar-refractivity contribution in [3.63, 3.8) is 0 Å². The van der Waals surface area contributed by atoms with E-state index in [9.17, 15) is 39.0 Å². The molecule has 0 radical (unpaired) electrons. The molecule has 14 rings (SSSR count). The van der Waals surface area contributed by atoms with Gasteiger partial charge in [-0.25, -0.2) is 19.2 Å². The van der Waals surface area contributed by atoms with Crippen molar-refractivity contribution in [3.05, 3.63) is 239 Å². The standard InChI is InChI=1S/C27H17Cl2O4S2.C26H16Cl2O4S2.C12H4Cl2O4S2.C7H8O.3CH3.Sn/c1-13-4-8-16(9-5-13)32-26(30)21-19-18(28)12-34-24(19)22(20-23(29)15(3)35-25(20)21)27(31)33-17-10-6-14(2)7-11-17;1-13-3-7-15(8-4-13)31-25(29)21-19-17(27)11-34-24(19)22(20-18(28)12-33-23(20)21)26(30)32-16-9-5-14(2)6-10-16;13-3-1-19-9-5(3)7(11(15)16)10-6(4(14)2-20-10)8(9)12(17)18;1-6-2-4-7(8)5-3-6;;;;/h4-11H,1-3H3;3-12H,1-2H3;1-2H,(H,15,16)(H,17,18);2-5,8H,1H3;3*1H3;. The minimum Gasteiger partial charge on any atom is -0.478 e. The van der Waals surface area contributed by atoms with Crippen molar-refractivity contribution < 1.29 is 63.0 Å². The van der Waals surface area contributed by atoms with Gasteiger partial charge in [-0.15, -0.1) is 45.3 Å². The monoisotopic (exact) mass is 1680 g/mol. The molecule has 0 unspecified atom stereocenters. The quantitative estimate of drug-likeness (QED) is 0.0628. The molecule has 0 aliphatic carbocycles. The maximum absolute atomic E-state index is 13.9. The van der Waals surface area contributed by atoms with Crippen molar-refractivity contribution in [1.82, 2.24) is 0 Å². The number of esters is 4. The Labute approximate surface area is 635 Å². The largest absolute Gasteiger partial charge is 0.478 e. The van der Waals surface area contributed by atoms with Gasteiger partial charge in [-0.2, -0.15) is 0 Å². The molecular weight excluding hydrogens is 1630 g/mol. The van der Waals surface area contributed by atoms with Gasteiger partial charge in [-0.3, -0.25) is 0 Å². The third-order valence-corrected chi connectivity index (χ3v) is 34.5. The Morgan fingerprint density at radius 2 is 0.584 bits per heavy atom. The molecule has 101 heavy (non-hydrogen) atoms. The molecule has 6 heterocycles. The first-order chi connectivity index (χ1) is 47.9. The molecule has 0 aliphatic heterocycles. The number of aromatic hydroxyl groups is 1. The van der Waals surface area contributed by atoms with Crippen molar-refractivity contribution in [2.24, 2.45) is 0 Å². The fourth-order valence-corrected chi connectivity index (χ4v) is 26.9. The van der Waals surface area contributed by atoms with Gasteiger partial charge in [-0.05, 0) is 57.2 Å². The Kier molecular flexibility index (Phi) is 22.9. The molecule has 14 aromatic rings. The third kappa shape index (κ3) is 15.6. The van der Waals surface area contributed by atoms with E-state index in [4.69, 9.17) is 93.7 Å². The third-order valence-electron chi connectivity index (χ3n) is 15.6. The second-order valence-electron chi connectivity index (χ2n) is 24.0. The Balaban J connectivity index is 0.000000150. The van der Waals surface area contributed by atoms with Gasteiger partial charge < -0.3 is 24.8 Å². The van der Waals surface area contributed by atoms with E-state index in [0.717, 1.165) is 52.7 Å². The van der Waals surface area contributed by atoms with Crippen LogP contribution in [0.4, 0.5) is 0 Å². The van der Waals surface area contributed by atoms with Crippen LogP contribution in [0.2, 0.25) is 45.0 Å². The van der Waals surface area contributed by atoms with Crippen LogP contribution in [0.25, 0.3) is 60.5 Å². The van der Waals surface area contributed by atoms with Crippen molar-refractivity contribution in [1.29, 1.82) is 0 Å². The van der Waals surface area contributed by atoms with Gasteiger partial charge in [0.15, 0.2) is 0 Å². The number of carbonyl (C=O) groups is 6. The molecule has 0 bridgehead atoms. The Morgan fingerprint density at radius 3 is 0.861 bits per heavy atom. The van der Waals surface area contributed by atoms with Crippen LogP contribution in [-0.2, 0) is 0 Å². The number of benzene rings is 8. The summed E-state index contributed by atoms with van der Waals surface area (Å²) in [4.78, 5) is 85.0. The van der Waals surface area contributed by atoms with E-state index in [-0.39, 0.29) is 43.1 Å². The first kappa shape index (κ1) is 74.9. The van der Waals surface area contributed by atoms with Gasteiger partial charge in [-0.1, -0.05) is 99.5 Å². The van der Waals surface area contributed by atoms with Crippen molar-refractivity contribution in [2.75, 3.05) is 0 Å². The summed E-state index contributed by atoms with van der Waals surface area (Å²) in [7, 11) is 0. The fourth-order valence-electron chi connectivity index (χ4n) is 10.7. The number of aryl methyl sites for hydroxylation is 6. The van der Waals surface area contributed by atoms with Gasteiger partial charge in [0, 0.05) is 43.1 Å². The number of phenolic OH excluding ortho intramolecular Hbond substituents is 1. The van der Waals surface area contributed by atoms with Crippen molar-refractivity contribution in [3.8, 4) is 28.7 Å². The summed E-state index contributed by atoms with van der Waals surface area (Å²) in [5.74, 6) is -2.54. The molecule has 0 atom stereocenters. The van der Waals surface area contributed by atoms with Crippen LogP contribution in [0.1, 0.15) is 94.8 Å². The Hall–Kier alpha value is -7.32. The number of ether oxygens (including phenoxy) is 4. The molecule has 0 saturated heterocycles. The molecule has 3 N–H and O–H groups in total. The molecule has 0 aliphatic rings. The summed E-state index contributed by atoms with van der Waals surface area (Å²) in [6.07, 6.45) is 0. The van der Waals surface area contributed by atoms with Gasteiger partial charge >= 0.3 is 275 Å². The van der Waals surface area contributed by atoms with E-state index in [1.807, 2.05) is 102 Å². The molecule has 6 aromatic heterocycles. The van der Waals surface area contributed by atoms with Gasteiger partial charge in [0.1, 0.15) is 17.2 Å². The number of carboxylic acids is 2. The maximum atomic E-state index is 13.9. The topological polar surface area (TPSA) is 200 Å². The van der Waals surface area contributed by atoms with Crippen LogP contribution in [0.3, 0.4) is 0 Å². The zero-order valence-corrected chi connectivity index (χ0v) is 66.8. The van der Waals surface area contributed by atoms with E-state index in [2.05, 4.69) is 14.8 Å². The number of carbonyl (C=O) groups excluding carboxylic acids is 4. The number of hydrogen-bond donors (Lipinski definition) is 3. The average Bonchev–Trinajstić information content (AvgIpc) is 1.58. The molecule has 0 fully saturated rings. The predicted octanol–water partition coefficient (Wildman–Crippen LogP) is 24.3. The number of carboxylic acid groups (broad SMARTS) is 2. The van der Waals surface area contributed by atoms with Crippen LogP contribution in [-0.4, -0.2) is 69.5 Å². The minimum absolute atomic E-state index is 0.00292. The van der Waals surface area contributed by atoms with E-state index in [0.29, 0.717) is 110 Å². The van der Waals surface area contributed by atoms with Crippen LogP contribution in [0.15, 0.2) is 143 Å². The number of rotatable bonds is 11. The van der Waals surface area contributed by atoms with E-state index >= 15 is 0 Å². The van der Waals surface area contributed by atoms with Crippen LogP contribution >= 0.6 is 138 Å². The zero-order chi connectivity index (χ0) is 72.8.